The fourth-order valence-electron chi connectivity index (χ4n) is 3.31. The summed E-state index contributed by atoms with van der Waals surface area (Å²) in [5.74, 6) is 0.0805. The van der Waals surface area contributed by atoms with Gasteiger partial charge in [0.05, 0.1) is 12.5 Å². The van der Waals surface area contributed by atoms with Gasteiger partial charge in [-0.1, -0.05) is 12.1 Å². The maximum absolute atomic E-state index is 12.4. The number of benzene rings is 1. The van der Waals surface area contributed by atoms with Crippen LogP contribution >= 0.6 is 0 Å². The second-order valence-electron chi connectivity index (χ2n) is 6.72. The van der Waals surface area contributed by atoms with Crippen LogP contribution in [0.1, 0.15) is 28.9 Å². The highest BCUT2D eigenvalue weighted by atomic mass is 16.2. The molecule has 7 heteroatoms. The van der Waals surface area contributed by atoms with Gasteiger partial charge in [0.2, 0.25) is 17.8 Å². The van der Waals surface area contributed by atoms with E-state index in [4.69, 9.17) is 5.73 Å². The van der Waals surface area contributed by atoms with E-state index in [1.54, 1.807) is 4.90 Å². The summed E-state index contributed by atoms with van der Waals surface area (Å²) >= 11 is 0. The Bertz CT molecular complexity index is 842. The minimum atomic E-state index is -0.203. The molecule has 1 aromatic heterocycles. The molecule has 7 nitrogen and oxygen atoms in total. The lowest BCUT2D eigenvalue weighted by molar-refractivity contribution is -0.121. The number of anilines is 2. The normalized spacial score (nSPS) is 16.8. The second-order valence-corrected chi connectivity index (χ2v) is 6.72. The molecule has 0 saturated carbocycles. The topological polar surface area (TPSA) is 101 Å². The summed E-state index contributed by atoms with van der Waals surface area (Å²) in [5, 5.41) is 2.95. The van der Waals surface area contributed by atoms with Gasteiger partial charge in [0, 0.05) is 35.6 Å². The van der Waals surface area contributed by atoms with E-state index >= 15 is 0 Å². The first-order valence-electron chi connectivity index (χ1n) is 8.59. The van der Waals surface area contributed by atoms with Crippen molar-refractivity contribution in [1.29, 1.82) is 0 Å². The maximum atomic E-state index is 12.4. The van der Waals surface area contributed by atoms with Crippen molar-refractivity contribution < 1.29 is 9.59 Å². The van der Waals surface area contributed by atoms with Crippen LogP contribution in [0.5, 0.6) is 0 Å². The van der Waals surface area contributed by atoms with Gasteiger partial charge in [0.25, 0.3) is 0 Å². The number of rotatable bonds is 4. The zero-order chi connectivity index (χ0) is 18.8. The van der Waals surface area contributed by atoms with E-state index in [0.717, 1.165) is 16.8 Å². The molecule has 2 heterocycles. The molecule has 3 N–H and O–H groups in total. The van der Waals surface area contributed by atoms with Gasteiger partial charge in [-0.3, -0.25) is 9.59 Å². The number of aromatic nitrogens is 2. The van der Waals surface area contributed by atoms with Crippen molar-refractivity contribution in [2.75, 3.05) is 17.2 Å². The third-order valence-corrected chi connectivity index (χ3v) is 4.58. The monoisotopic (exact) mass is 353 g/mol. The van der Waals surface area contributed by atoms with Crippen LogP contribution in [-0.2, 0) is 16.0 Å². The van der Waals surface area contributed by atoms with Crippen molar-refractivity contribution in [2.24, 2.45) is 0 Å². The summed E-state index contributed by atoms with van der Waals surface area (Å²) in [4.78, 5) is 34.7. The van der Waals surface area contributed by atoms with Gasteiger partial charge in [-0.15, -0.1) is 0 Å². The van der Waals surface area contributed by atoms with E-state index in [1.165, 1.54) is 0 Å². The largest absolute Gasteiger partial charge is 0.368 e. The molecule has 2 aromatic rings. The zero-order valence-corrected chi connectivity index (χ0v) is 15.2. The van der Waals surface area contributed by atoms with Gasteiger partial charge in [0.15, 0.2) is 0 Å². The number of nitrogens with one attached hydrogen (secondary N) is 1. The molecular formula is C19H23N5O2. The lowest BCUT2D eigenvalue weighted by Crippen LogP contribution is -2.38. The van der Waals surface area contributed by atoms with Gasteiger partial charge in [-0.05, 0) is 38.5 Å². The van der Waals surface area contributed by atoms with Crippen molar-refractivity contribution in [3.63, 3.8) is 0 Å². The van der Waals surface area contributed by atoms with E-state index in [1.807, 2.05) is 45.0 Å². The third-order valence-electron chi connectivity index (χ3n) is 4.58. The van der Waals surface area contributed by atoms with Crippen LogP contribution in [0.2, 0.25) is 0 Å². The highest BCUT2D eigenvalue weighted by Crippen LogP contribution is 2.22. The van der Waals surface area contributed by atoms with Crippen LogP contribution < -0.4 is 16.0 Å². The lowest BCUT2D eigenvalue weighted by atomic mass is 10.1. The smallest absolute Gasteiger partial charge is 0.229 e. The number of nitrogen functional groups attached to an aromatic ring is 1. The average molecular weight is 353 g/mol. The Labute approximate surface area is 152 Å². The van der Waals surface area contributed by atoms with Crippen molar-refractivity contribution in [1.82, 2.24) is 15.3 Å². The van der Waals surface area contributed by atoms with E-state index in [2.05, 4.69) is 15.3 Å². The van der Waals surface area contributed by atoms with Crippen molar-refractivity contribution in [3.8, 4) is 0 Å². The van der Waals surface area contributed by atoms with Crippen LogP contribution in [0.25, 0.3) is 0 Å². The molecule has 1 saturated heterocycles. The van der Waals surface area contributed by atoms with Crippen LogP contribution in [0.15, 0.2) is 24.3 Å². The van der Waals surface area contributed by atoms with Crippen molar-refractivity contribution >= 4 is 23.5 Å². The highest BCUT2D eigenvalue weighted by molar-refractivity contribution is 5.97. The molecule has 136 valence electrons. The van der Waals surface area contributed by atoms with E-state index in [-0.39, 0.29) is 30.2 Å². The standard InChI is InChI=1S/C19H23N5O2/c1-11-5-4-6-15(7-11)24-10-14(8-18(24)26)23-17(25)9-16-12(2)21-19(20)22-13(16)3/h4-7,14H,8-10H2,1-3H3,(H,23,25)(H2,20,21,22)/t14-/m1/s1. The Morgan fingerprint density at radius 1 is 1.27 bits per heavy atom. The molecule has 0 aliphatic carbocycles. The number of hydrogen-bond acceptors (Lipinski definition) is 5. The number of nitrogens with zero attached hydrogens (tertiary/aromatic N) is 3. The summed E-state index contributed by atoms with van der Waals surface area (Å²) in [6.07, 6.45) is 0.475. The molecule has 3 rings (SSSR count). The Morgan fingerprint density at radius 2 is 1.96 bits per heavy atom. The number of hydrogen-bond donors (Lipinski definition) is 2. The molecule has 1 aliphatic rings. The quantitative estimate of drug-likeness (QED) is 0.866. The number of amides is 2. The second kappa shape index (κ2) is 7.11. The average Bonchev–Trinajstić information content (AvgIpc) is 2.91. The van der Waals surface area contributed by atoms with Gasteiger partial charge >= 0.3 is 0 Å². The van der Waals surface area contributed by atoms with E-state index in [9.17, 15) is 9.59 Å². The minimum absolute atomic E-state index is 0.0177. The van der Waals surface area contributed by atoms with E-state index in [0.29, 0.717) is 24.4 Å². The Kier molecular flexibility index (Phi) is 4.88. The fourth-order valence-corrected chi connectivity index (χ4v) is 3.31. The predicted octanol–water partition coefficient (Wildman–Crippen LogP) is 1.45. The molecule has 1 atom stereocenters. The maximum Gasteiger partial charge on any atom is 0.229 e. The van der Waals surface area contributed by atoms with E-state index < -0.39 is 0 Å². The van der Waals surface area contributed by atoms with Crippen LogP contribution in [-0.4, -0.2) is 34.4 Å². The van der Waals surface area contributed by atoms with Crippen LogP contribution in [0, 0.1) is 20.8 Å². The Hall–Kier alpha value is -2.96. The molecular weight excluding hydrogens is 330 g/mol. The fraction of sp³-hybridized carbons (Fsp3) is 0.368. The van der Waals surface area contributed by atoms with Gasteiger partial charge < -0.3 is 16.0 Å². The first-order valence-corrected chi connectivity index (χ1v) is 8.59. The molecule has 1 aromatic carbocycles. The van der Waals surface area contributed by atoms with Gasteiger partial charge in [-0.25, -0.2) is 9.97 Å². The zero-order valence-electron chi connectivity index (χ0n) is 15.2. The molecule has 0 radical (unpaired) electrons. The molecule has 2 amide bonds. The third kappa shape index (κ3) is 3.82. The molecule has 0 spiro atoms. The summed E-state index contributed by atoms with van der Waals surface area (Å²) < 4.78 is 0. The minimum Gasteiger partial charge on any atom is -0.368 e. The number of carbonyl (C=O) groups excluding carboxylic acids is 2. The molecule has 26 heavy (non-hydrogen) atoms. The Balaban J connectivity index is 1.65. The number of nitrogens with two attached hydrogens (primary N) is 1. The Morgan fingerprint density at radius 3 is 2.62 bits per heavy atom. The van der Waals surface area contributed by atoms with Gasteiger partial charge in [-0.2, -0.15) is 0 Å². The molecule has 1 fully saturated rings. The summed E-state index contributed by atoms with van der Waals surface area (Å²) in [6, 6.07) is 7.60. The van der Waals surface area contributed by atoms with Crippen LogP contribution in [0.3, 0.4) is 0 Å². The summed E-state index contributed by atoms with van der Waals surface area (Å²) in [5.41, 5.74) is 9.76. The predicted molar refractivity (Wildman–Crippen MR) is 99.7 cm³/mol. The SMILES string of the molecule is Cc1cccc(N2C[C@H](NC(=O)Cc3c(C)nc(N)nc3C)CC2=O)c1. The lowest BCUT2D eigenvalue weighted by Gasteiger charge is -2.18. The first-order chi connectivity index (χ1) is 12.3. The molecule has 1 aliphatic heterocycles. The summed E-state index contributed by atoms with van der Waals surface area (Å²) in [7, 11) is 0. The van der Waals surface area contributed by atoms with Crippen LogP contribution in [0.4, 0.5) is 11.6 Å². The first kappa shape index (κ1) is 17.8. The molecule has 0 bridgehead atoms. The highest BCUT2D eigenvalue weighted by Gasteiger charge is 2.31. The van der Waals surface area contributed by atoms with Crippen molar-refractivity contribution in [3.05, 3.63) is 46.8 Å². The number of aryl methyl sites for hydroxylation is 3. The summed E-state index contributed by atoms with van der Waals surface area (Å²) in [6.45, 7) is 6.09. The number of carbonyl (C=O) groups is 2. The molecule has 0 unspecified atom stereocenters. The van der Waals surface area contributed by atoms with Crippen molar-refractivity contribution in [2.45, 2.75) is 39.7 Å². The van der Waals surface area contributed by atoms with Gasteiger partial charge in [0.1, 0.15) is 0 Å².